The lowest BCUT2D eigenvalue weighted by Crippen LogP contribution is -2.45. The van der Waals surface area contributed by atoms with Gasteiger partial charge in [0.2, 0.25) is 5.95 Å². The summed E-state index contributed by atoms with van der Waals surface area (Å²) in [6, 6.07) is 1.89. The summed E-state index contributed by atoms with van der Waals surface area (Å²) in [4.78, 5) is 14.0. The van der Waals surface area contributed by atoms with E-state index < -0.39 is 0 Å². The smallest absolute Gasteiger partial charge is 0.225 e. The fraction of sp³-hybridized carbons (Fsp3) is 0.765. The summed E-state index contributed by atoms with van der Waals surface area (Å²) in [6.07, 6.45) is 8.89. The standard InChI is InChI=1S/C17H26N4O/c1-4-17(14-21(8-1)16-18-6-2-7-19-16)5-9-20(13-17)11-15-3-10-22-12-15/h2,6-7,15H,1,3-5,8-14H2. The Morgan fingerprint density at radius 1 is 1.18 bits per heavy atom. The molecule has 0 bridgehead atoms. The summed E-state index contributed by atoms with van der Waals surface area (Å²) in [5.41, 5.74) is 0.455. The van der Waals surface area contributed by atoms with Crippen molar-refractivity contribution in [2.75, 3.05) is 50.8 Å². The first-order chi connectivity index (χ1) is 10.8. The van der Waals surface area contributed by atoms with Gasteiger partial charge in [-0.15, -0.1) is 0 Å². The zero-order valence-corrected chi connectivity index (χ0v) is 13.3. The van der Waals surface area contributed by atoms with Crippen LogP contribution >= 0.6 is 0 Å². The Kier molecular flexibility index (Phi) is 4.01. The Bertz CT molecular complexity index is 491. The van der Waals surface area contributed by atoms with Crippen molar-refractivity contribution in [3.8, 4) is 0 Å². The molecular weight excluding hydrogens is 276 g/mol. The highest BCUT2D eigenvalue weighted by Gasteiger charge is 2.42. The van der Waals surface area contributed by atoms with Gasteiger partial charge >= 0.3 is 0 Å². The second-order valence-corrected chi connectivity index (χ2v) is 7.29. The number of anilines is 1. The monoisotopic (exact) mass is 302 g/mol. The van der Waals surface area contributed by atoms with E-state index in [1.165, 1.54) is 45.3 Å². The number of aromatic nitrogens is 2. The second kappa shape index (κ2) is 6.13. The molecule has 3 fully saturated rings. The van der Waals surface area contributed by atoms with Crippen molar-refractivity contribution in [1.82, 2.24) is 14.9 Å². The van der Waals surface area contributed by atoms with E-state index in [-0.39, 0.29) is 0 Å². The maximum atomic E-state index is 5.53. The van der Waals surface area contributed by atoms with Crippen molar-refractivity contribution in [3.05, 3.63) is 18.5 Å². The molecule has 4 heterocycles. The van der Waals surface area contributed by atoms with E-state index in [0.717, 1.165) is 38.2 Å². The van der Waals surface area contributed by atoms with Crippen molar-refractivity contribution in [3.63, 3.8) is 0 Å². The molecule has 22 heavy (non-hydrogen) atoms. The highest BCUT2D eigenvalue weighted by molar-refractivity contribution is 5.30. The molecule has 1 aromatic rings. The van der Waals surface area contributed by atoms with E-state index in [0.29, 0.717) is 5.41 Å². The first-order valence-corrected chi connectivity index (χ1v) is 8.65. The highest BCUT2D eigenvalue weighted by Crippen LogP contribution is 2.40. The minimum Gasteiger partial charge on any atom is -0.381 e. The zero-order valence-electron chi connectivity index (χ0n) is 13.3. The first-order valence-electron chi connectivity index (χ1n) is 8.65. The summed E-state index contributed by atoms with van der Waals surface area (Å²) in [7, 11) is 0. The van der Waals surface area contributed by atoms with Crippen LogP contribution in [0.2, 0.25) is 0 Å². The van der Waals surface area contributed by atoms with Gasteiger partial charge in [-0.05, 0) is 44.2 Å². The molecule has 0 saturated carbocycles. The lowest BCUT2D eigenvalue weighted by molar-refractivity contribution is 0.165. The average molecular weight is 302 g/mol. The quantitative estimate of drug-likeness (QED) is 0.852. The summed E-state index contributed by atoms with van der Waals surface area (Å²) in [5, 5.41) is 0. The number of hydrogen-bond donors (Lipinski definition) is 0. The van der Waals surface area contributed by atoms with E-state index in [9.17, 15) is 0 Å². The number of piperidine rings is 1. The maximum Gasteiger partial charge on any atom is 0.225 e. The summed E-state index contributed by atoms with van der Waals surface area (Å²) in [5.74, 6) is 1.66. The molecule has 1 aromatic heterocycles. The molecule has 0 aliphatic carbocycles. The second-order valence-electron chi connectivity index (χ2n) is 7.29. The van der Waals surface area contributed by atoms with Gasteiger partial charge in [0, 0.05) is 50.6 Å². The van der Waals surface area contributed by atoms with Gasteiger partial charge in [0.25, 0.3) is 0 Å². The van der Waals surface area contributed by atoms with E-state index in [1.807, 2.05) is 18.5 Å². The van der Waals surface area contributed by atoms with Crippen LogP contribution in [0.15, 0.2) is 18.5 Å². The van der Waals surface area contributed by atoms with Crippen LogP contribution in [0.4, 0.5) is 5.95 Å². The molecular formula is C17H26N4O. The van der Waals surface area contributed by atoms with Crippen LogP contribution in [0.3, 0.4) is 0 Å². The van der Waals surface area contributed by atoms with Gasteiger partial charge in [0.15, 0.2) is 0 Å². The van der Waals surface area contributed by atoms with Gasteiger partial charge in [0.05, 0.1) is 6.61 Å². The van der Waals surface area contributed by atoms with Crippen LogP contribution < -0.4 is 4.90 Å². The Morgan fingerprint density at radius 2 is 2.09 bits per heavy atom. The van der Waals surface area contributed by atoms with Crippen LogP contribution in [0, 0.1) is 11.3 Å². The Balaban J connectivity index is 1.39. The third kappa shape index (κ3) is 2.97. The van der Waals surface area contributed by atoms with Crippen molar-refractivity contribution in [2.24, 2.45) is 11.3 Å². The van der Waals surface area contributed by atoms with Crippen molar-refractivity contribution in [2.45, 2.75) is 25.7 Å². The Morgan fingerprint density at radius 3 is 2.91 bits per heavy atom. The molecule has 1 spiro atoms. The SMILES string of the molecule is c1cnc(N2CCCC3(CCN(CC4CCOC4)C3)C2)nc1. The molecule has 0 amide bonds. The van der Waals surface area contributed by atoms with Crippen LogP contribution in [0.25, 0.3) is 0 Å². The molecule has 3 aliphatic heterocycles. The van der Waals surface area contributed by atoms with Gasteiger partial charge in [-0.1, -0.05) is 0 Å². The molecule has 5 nitrogen and oxygen atoms in total. The molecule has 120 valence electrons. The molecule has 3 aliphatic rings. The van der Waals surface area contributed by atoms with Crippen LogP contribution in [0.1, 0.15) is 25.7 Å². The third-order valence-electron chi connectivity index (χ3n) is 5.55. The van der Waals surface area contributed by atoms with Gasteiger partial charge in [-0.2, -0.15) is 0 Å². The fourth-order valence-electron chi connectivity index (χ4n) is 4.44. The van der Waals surface area contributed by atoms with Gasteiger partial charge < -0.3 is 14.5 Å². The van der Waals surface area contributed by atoms with Gasteiger partial charge in [0.1, 0.15) is 0 Å². The maximum absolute atomic E-state index is 5.53. The van der Waals surface area contributed by atoms with Gasteiger partial charge in [-0.25, -0.2) is 9.97 Å². The zero-order chi connectivity index (χ0) is 14.8. The first kappa shape index (κ1) is 14.4. The van der Waals surface area contributed by atoms with Crippen LogP contribution in [0.5, 0.6) is 0 Å². The fourth-order valence-corrected chi connectivity index (χ4v) is 4.44. The van der Waals surface area contributed by atoms with E-state index in [2.05, 4.69) is 19.8 Å². The van der Waals surface area contributed by atoms with Crippen molar-refractivity contribution in [1.29, 1.82) is 0 Å². The summed E-state index contributed by atoms with van der Waals surface area (Å²) in [6.45, 7) is 7.86. The number of hydrogen-bond acceptors (Lipinski definition) is 5. The van der Waals surface area contributed by atoms with Crippen molar-refractivity contribution < 1.29 is 4.74 Å². The van der Waals surface area contributed by atoms with E-state index >= 15 is 0 Å². The highest BCUT2D eigenvalue weighted by atomic mass is 16.5. The molecule has 4 rings (SSSR count). The Hall–Kier alpha value is -1.20. The molecule has 2 unspecified atom stereocenters. The van der Waals surface area contributed by atoms with Crippen molar-refractivity contribution >= 4 is 5.95 Å². The third-order valence-corrected chi connectivity index (χ3v) is 5.55. The number of rotatable bonds is 3. The average Bonchev–Trinajstić information content (AvgIpc) is 3.20. The number of nitrogens with zero attached hydrogens (tertiary/aromatic N) is 4. The molecule has 2 atom stereocenters. The lowest BCUT2D eigenvalue weighted by Gasteiger charge is -2.40. The van der Waals surface area contributed by atoms with Gasteiger partial charge in [-0.3, -0.25) is 0 Å². The number of ether oxygens (including phenoxy) is 1. The Labute approximate surface area is 132 Å². The number of likely N-dealkylation sites (tertiary alicyclic amines) is 1. The minimum atomic E-state index is 0.455. The molecule has 0 radical (unpaired) electrons. The minimum absolute atomic E-state index is 0.455. The topological polar surface area (TPSA) is 41.5 Å². The normalized spacial score (nSPS) is 32.9. The van der Waals surface area contributed by atoms with Crippen LogP contribution in [-0.4, -0.2) is 60.8 Å². The predicted molar refractivity (Wildman–Crippen MR) is 85.9 cm³/mol. The van der Waals surface area contributed by atoms with E-state index in [4.69, 9.17) is 4.74 Å². The summed E-state index contributed by atoms with van der Waals surface area (Å²) >= 11 is 0. The molecule has 0 N–H and O–H groups in total. The molecule has 0 aromatic carbocycles. The molecule has 5 heteroatoms. The van der Waals surface area contributed by atoms with Crippen LogP contribution in [-0.2, 0) is 4.74 Å². The molecule has 3 saturated heterocycles. The predicted octanol–water partition coefficient (Wildman–Crippen LogP) is 1.81. The van der Waals surface area contributed by atoms with E-state index in [1.54, 1.807) is 0 Å². The summed E-state index contributed by atoms with van der Waals surface area (Å²) < 4.78 is 5.53. The largest absolute Gasteiger partial charge is 0.381 e. The lowest BCUT2D eigenvalue weighted by atomic mass is 9.79.